The van der Waals surface area contributed by atoms with Crippen LogP contribution >= 0.6 is 0 Å². The lowest BCUT2D eigenvalue weighted by atomic mass is 9.97. The number of aliphatic hydroxyl groups excluding tert-OH is 1. The summed E-state index contributed by atoms with van der Waals surface area (Å²) in [6.07, 6.45) is 7.37. The fourth-order valence-electron chi connectivity index (χ4n) is 2.94. The van der Waals surface area contributed by atoms with E-state index < -0.39 is 0 Å². The Morgan fingerprint density at radius 3 is 2.76 bits per heavy atom. The third-order valence-electron chi connectivity index (χ3n) is 4.28. The van der Waals surface area contributed by atoms with Crippen LogP contribution in [0, 0.1) is 0 Å². The molecule has 0 saturated carbocycles. The fourth-order valence-corrected chi connectivity index (χ4v) is 2.94. The van der Waals surface area contributed by atoms with Crippen LogP contribution in [0.25, 0.3) is 0 Å². The largest absolute Gasteiger partial charge is 0.395 e. The first-order valence-corrected chi connectivity index (χ1v) is 8.16. The summed E-state index contributed by atoms with van der Waals surface area (Å²) in [6.45, 7) is 5.48. The van der Waals surface area contributed by atoms with E-state index in [1.54, 1.807) is 0 Å². The molecule has 0 aromatic carbocycles. The van der Waals surface area contributed by atoms with Crippen LogP contribution in [-0.4, -0.2) is 73.4 Å². The molecule has 0 radical (unpaired) electrons. The molecule has 1 saturated heterocycles. The molecule has 2 rings (SSSR count). The second-order valence-electron chi connectivity index (χ2n) is 5.84. The van der Waals surface area contributed by atoms with Crippen LogP contribution in [0.4, 0.5) is 0 Å². The maximum Gasteiger partial charge on any atom is 0.226 e. The molecule has 1 aliphatic heterocycles. The summed E-state index contributed by atoms with van der Waals surface area (Å²) < 4.78 is 5.33. The Balaban J connectivity index is 1.78. The lowest BCUT2D eigenvalue weighted by Crippen LogP contribution is -2.44. The smallest absolute Gasteiger partial charge is 0.226 e. The highest BCUT2D eigenvalue weighted by Gasteiger charge is 2.18. The van der Waals surface area contributed by atoms with Gasteiger partial charge in [0.05, 0.1) is 19.8 Å². The number of hydrogen-bond donors (Lipinski definition) is 1. The predicted molar refractivity (Wildman–Crippen MR) is 82.1 cm³/mol. The summed E-state index contributed by atoms with van der Waals surface area (Å²) >= 11 is 0. The van der Waals surface area contributed by atoms with Gasteiger partial charge in [-0.1, -0.05) is 11.6 Å². The Bertz CT molecular complexity index is 351. The molecule has 0 atom stereocenters. The van der Waals surface area contributed by atoms with Gasteiger partial charge in [0.25, 0.3) is 0 Å². The molecule has 120 valence electrons. The summed E-state index contributed by atoms with van der Waals surface area (Å²) in [5.74, 6) is 0.158. The van der Waals surface area contributed by atoms with E-state index in [-0.39, 0.29) is 12.5 Å². The molecule has 5 nitrogen and oxygen atoms in total. The lowest BCUT2D eigenvalue weighted by molar-refractivity contribution is -0.131. The van der Waals surface area contributed by atoms with E-state index >= 15 is 0 Å². The number of carbonyl (C=O) groups excluding carboxylic acids is 1. The van der Waals surface area contributed by atoms with Crippen molar-refractivity contribution in [3.63, 3.8) is 0 Å². The van der Waals surface area contributed by atoms with Crippen molar-refractivity contribution in [3.05, 3.63) is 11.6 Å². The molecule has 1 fully saturated rings. The number of morpholine rings is 1. The van der Waals surface area contributed by atoms with Gasteiger partial charge in [0.2, 0.25) is 5.91 Å². The van der Waals surface area contributed by atoms with Gasteiger partial charge in [-0.3, -0.25) is 9.69 Å². The van der Waals surface area contributed by atoms with Crippen molar-refractivity contribution in [3.8, 4) is 0 Å². The Morgan fingerprint density at radius 1 is 1.29 bits per heavy atom. The van der Waals surface area contributed by atoms with Crippen molar-refractivity contribution < 1.29 is 14.6 Å². The number of allylic oxidation sites excluding steroid dienone is 1. The minimum absolute atomic E-state index is 0.0356. The van der Waals surface area contributed by atoms with Crippen molar-refractivity contribution in [1.29, 1.82) is 0 Å². The number of carbonyl (C=O) groups is 1. The maximum absolute atomic E-state index is 12.4. The number of aliphatic hydroxyl groups is 1. The number of nitrogens with zero attached hydrogens (tertiary/aromatic N) is 2. The average Bonchev–Trinajstić information content (AvgIpc) is 2.53. The minimum Gasteiger partial charge on any atom is -0.395 e. The molecule has 1 amide bonds. The molecule has 0 unspecified atom stereocenters. The molecule has 1 aliphatic carbocycles. The van der Waals surface area contributed by atoms with E-state index in [1.807, 2.05) is 4.90 Å². The van der Waals surface area contributed by atoms with Crippen LogP contribution in [0.2, 0.25) is 0 Å². The molecular weight excluding hydrogens is 268 g/mol. The molecule has 0 aromatic heterocycles. The van der Waals surface area contributed by atoms with Crippen LogP contribution < -0.4 is 0 Å². The van der Waals surface area contributed by atoms with Gasteiger partial charge in [-0.05, 0) is 25.7 Å². The molecular formula is C16H28N2O3. The molecule has 1 heterocycles. The summed E-state index contributed by atoms with van der Waals surface area (Å²) in [7, 11) is 0. The number of ether oxygens (including phenoxy) is 1. The highest BCUT2D eigenvalue weighted by Crippen LogP contribution is 2.20. The average molecular weight is 296 g/mol. The predicted octanol–water partition coefficient (Wildman–Crippen LogP) is 1.03. The van der Waals surface area contributed by atoms with Crippen LogP contribution in [0.5, 0.6) is 0 Å². The number of hydrogen-bond acceptors (Lipinski definition) is 4. The fraction of sp³-hybridized carbons (Fsp3) is 0.812. The Morgan fingerprint density at radius 2 is 2.10 bits per heavy atom. The van der Waals surface area contributed by atoms with Gasteiger partial charge in [0.15, 0.2) is 0 Å². The lowest BCUT2D eigenvalue weighted by Gasteiger charge is -2.30. The normalized spacial score (nSPS) is 20.1. The van der Waals surface area contributed by atoms with Gasteiger partial charge >= 0.3 is 0 Å². The summed E-state index contributed by atoms with van der Waals surface area (Å²) in [5, 5.41) is 9.19. The highest BCUT2D eigenvalue weighted by molar-refractivity contribution is 5.78. The first-order chi connectivity index (χ1) is 10.3. The third-order valence-corrected chi connectivity index (χ3v) is 4.28. The summed E-state index contributed by atoms with van der Waals surface area (Å²) in [5.41, 5.74) is 1.28. The highest BCUT2D eigenvalue weighted by atomic mass is 16.5. The Kier molecular flexibility index (Phi) is 7.19. The minimum atomic E-state index is 0.0356. The van der Waals surface area contributed by atoms with Crippen molar-refractivity contribution in [2.24, 2.45) is 0 Å². The standard InChI is InChI=1S/C16H28N2O3/c19-11-8-18(7-6-17-9-12-21-13-10-17)16(20)14-15-4-2-1-3-5-15/h4,19H,1-3,5-14H2. The first-order valence-electron chi connectivity index (χ1n) is 8.16. The zero-order valence-corrected chi connectivity index (χ0v) is 12.9. The van der Waals surface area contributed by atoms with E-state index in [9.17, 15) is 9.90 Å². The maximum atomic E-state index is 12.4. The molecule has 21 heavy (non-hydrogen) atoms. The Hall–Kier alpha value is -0.910. The molecule has 5 heteroatoms. The zero-order chi connectivity index (χ0) is 14.9. The van der Waals surface area contributed by atoms with Crippen LogP contribution in [-0.2, 0) is 9.53 Å². The topological polar surface area (TPSA) is 53.0 Å². The van der Waals surface area contributed by atoms with Gasteiger partial charge in [0.1, 0.15) is 0 Å². The monoisotopic (exact) mass is 296 g/mol. The van der Waals surface area contributed by atoms with Gasteiger partial charge in [-0.15, -0.1) is 0 Å². The van der Waals surface area contributed by atoms with E-state index in [0.717, 1.165) is 45.7 Å². The van der Waals surface area contributed by atoms with Gasteiger partial charge < -0.3 is 14.7 Å². The first kappa shape index (κ1) is 16.5. The second-order valence-corrected chi connectivity index (χ2v) is 5.84. The zero-order valence-electron chi connectivity index (χ0n) is 12.9. The van der Waals surface area contributed by atoms with Crippen LogP contribution in [0.3, 0.4) is 0 Å². The van der Waals surface area contributed by atoms with Crippen molar-refractivity contribution in [2.75, 3.05) is 52.5 Å². The van der Waals surface area contributed by atoms with Crippen molar-refractivity contribution in [1.82, 2.24) is 9.80 Å². The van der Waals surface area contributed by atoms with Crippen molar-refractivity contribution in [2.45, 2.75) is 32.1 Å². The molecule has 2 aliphatic rings. The summed E-state index contributed by atoms with van der Waals surface area (Å²) in [6, 6.07) is 0. The van der Waals surface area contributed by atoms with E-state index in [1.165, 1.54) is 18.4 Å². The van der Waals surface area contributed by atoms with Crippen LogP contribution in [0.1, 0.15) is 32.1 Å². The van der Waals surface area contributed by atoms with Gasteiger partial charge in [0, 0.05) is 39.1 Å². The molecule has 1 N–H and O–H groups in total. The van der Waals surface area contributed by atoms with Gasteiger partial charge in [-0.25, -0.2) is 0 Å². The third kappa shape index (κ3) is 5.77. The summed E-state index contributed by atoms with van der Waals surface area (Å²) in [4.78, 5) is 16.5. The quantitative estimate of drug-likeness (QED) is 0.713. The van der Waals surface area contributed by atoms with Crippen molar-refractivity contribution >= 4 is 5.91 Å². The van der Waals surface area contributed by atoms with E-state index in [2.05, 4.69) is 11.0 Å². The molecule has 0 bridgehead atoms. The SMILES string of the molecule is O=C(CC1=CCCCC1)N(CCO)CCN1CCOCC1. The van der Waals surface area contributed by atoms with E-state index in [0.29, 0.717) is 19.5 Å². The Labute approximate surface area is 127 Å². The van der Waals surface area contributed by atoms with Gasteiger partial charge in [-0.2, -0.15) is 0 Å². The van der Waals surface area contributed by atoms with Crippen LogP contribution in [0.15, 0.2) is 11.6 Å². The second kappa shape index (κ2) is 9.18. The molecule has 0 spiro atoms. The number of amides is 1. The molecule has 0 aromatic rings. The van der Waals surface area contributed by atoms with E-state index in [4.69, 9.17) is 4.74 Å². The number of rotatable bonds is 7.